The van der Waals surface area contributed by atoms with Crippen molar-refractivity contribution in [3.63, 3.8) is 0 Å². The highest BCUT2D eigenvalue weighted by molar-refractivity contribution is 5.61. The third-order valence-corrected chi connectivity index (χ3v) is 3.29. The number of anilines is 1. The summed E-state index contributed by atoms with van der Waals surface area (Å²) >= 11 is 0. The van der Waals surface area contributed by atoms with Crippen molar-refractivity contribution >= 4 is 11.4 Å². The summed E-state index contributed by atoms with van der Waals surface area (Å²) in [6.07, 6.45) is -6.82. The Morgan fingerprint density at radius 2 is 1.86 bits per heavy atom. The molecule has 1 heterocycles. The van der Waals surface area contributed by atoms with Crippen molar-refractivity contribution in [2.75, 3.05) is 11.9 Å². The lowest BCUT2D eigenvalue weighted by atomic mass is 9.98. The number of nitro benzene ring substituents is 1. The van der Waals surface area contributed by atoms with Gasteiger partial charge in [0.25, 0.3) is 5.69 Å². The number of nitrogens with one attached hydrogen (secondary N) is 1. The Morgan fingerprint density at radius 3 is 2.48 bits per heavy atom. The van der Waals surface area contributed by atoms with Gasteiger partial charge < -0.3 is 30.5 Å². The third kappa shape index (κ3) is 3.12. The van der Waals surface area contributed by atoms with E-state index in [9.17, 15) is 25.4 Å². The van der Waals surface area contributed by atoms with E-state index in [0.29, 0.717) is 0 Å². The van der Waals surface area contributed by atoms with Crippen LogP contribution in [0.15, 0.2) is 24.3 Å². The molecule has 116 valence electrons. The summed E-state index contributed by atoms with van der Waals surface area (Å²) in [4.78, 5) is 10.3. The molecule has 1 aromatic carbocycles. The van der Waals surface area contributed by atoms with Crippen LogP contribution in [0.2, 0.25) is 0 Å². The Morgan fingerprint density at radius 1 is 1.19 bits per heavy atom. The molecule has 0 unspecified atom stereocenters. The van der Waals surface area contributed by atoms with Crippen molar-refractivity contribution in [2.45, 2.75) is 30.6 Å². The van der Waals surface area contributed by atoms with Gasteiger partial charge in [-0.25, -0.2) is 0 Å². The van der Waals surface area contributed by atoms with Crippen LogP contribution in [0.25, 0.3) is 0 Å². The van der Waals surface area contributed by atoms with E-state index in [2.05, 4.69) is 5.32 Å². The summed E-state index contributed by atoms with van der Waals surface area (Å²) < 4.78 is 5.23. The summed E-state index contributed by atoms with van der Waals surface area (Å²) in [6, 6.07) is 5.72. The number of hydrogen-bond donors (Lipinski definition) is 5. The maximum Gasteiger partial charge on any atom is 0.292 e. The van der Waals surface area contributed by atoms with E-state index in [-0.39, 0.29) is 11.4 Å². The minimum atomic E-state index is -1.55. The molecule has 1 aromatic rings. The van der Waals surface area contributed by atoms with Gasteiger partial charge in [0.05, 0.1) is 11.5 Å². The number of rotatable bonds is 4. The Bertz CT molecular complexity index is 510. The molecule has 0 aliphatic carbocycles. The number of hydrogen-bond acceptors (Lipinski definition) is 8. The van der Waals surface area contributed by atoms with Gasteiger partial charge in [0.15, 0.2) is 6.23 Å². The zero-order valence-corrected chi connectivity index (χ0v) is 10.9. The minimum absolute atomic E-state index is 0.0897. The van der Waals surface area contributed by atoms with Gasteiger partial charge in [-0.05, 0) is 6.07 Å². The average molecular weight is 300 g/mol. The third-order valence-electron chi connectivity index (χ3n) is 3.29. The normalized spacial score (nSPS) is 32.7. The van der Waals surface area contributed by atoms with E-state index in [1.165, 1.54) is 18.2 Å². The van der Waals surface area contributed by atoms with Crippen LogP contribution in [0.3, 0.4) is 0 Å². The van der Waals surface area contributed by atoms with E-state index in [1.807, 2.05) is 0 Å². The van der Waals surface area contributed by atoms with Gasteiger partial charge in [0.1, 0.15) is 30.1 Å². The maximum absolute atomic E-state index is 10.9. The van der Waals surface area contributed by atoms with Gasteiger partial charge in [0, 0.05) is 6.07 Å². The second kappa shape index (κ2) is 6.33. The van der Waals surface area contributed by atoms with E-state index in [0.717, 1.165) is 0 Å². The number of ether oxygens (including phenoxy) is 1. The number of aliphatic hydroxyl groups is 4. The summed E-state index contributed by atoms with van der Waals surface area (Å²) in [6.45, 7) is -0.569. The lowest BCUT2D eigenvalue weighted by molar-refractivity contribution is -0.384. The van der Waals surface area contributed by atoms with Crippen molar-refractivity contribution < 1.29 is 30.1 Å². The van der Waals surface area contributed by atoms with Crippen LogP contribution < -0.4 is 5.32 Å². The molecule has 5 atom stereocenters. The van der Waals surface area contributed by atoms with E-state index >= 15 is 0 Å². The molecule has 0 saturated carbocycles. The number of nitrogens with zero attached hydrogens (tertiary/aromatic N) is 1. The van der Waals surface area contributed by atoms with Gasteiger partial charge in [-0.2, -0.15) is 0 Å². The van der Waals surface area contributed by atoms with Crippen molar-refractivity contribution in [2.24, 2.45) is 0 Å². The first-order valence-electron chi connectivity index (χ1n) is 6.26. The molecule has 1 saturated heterocycles. The molecule has 9 nitrogen and oxygen atoms in total. The fourth-order valence-electron chi connectivity index (χ4n) is 2.13. The Hall–Kier alpha value is -1.78. The Labute approximate surface area is 119 Å². The molecule has 0 aromatic heterocycles. The van der Waals surface area contributed by atoms with Crippen LogP contribution in [0, 0.1) is 10.1 Å². The lowest BCUT2D eigenvalue weighted by Gasteiger charge is -2.40. The first-order chi connectivity index (χ1) is 9.95. The number of aliphatic hydroxyl groups excluding tert-OH is 4. The van der Waals surface area contributed by atoms with Gasteiger partial charge in [-0.1, -0.05) is 12.1 Å². The molecule has 0 bridgehead atoms. The molecule has 2 rings (SSSR count). The summed E-state index contributed by atoms with van der Waals surface area (Å²) in [5.74, 6) is 0. The van der Waals surface area contributed by atoms with E-state index in [1.54, 1.807) is 6.07 Å². The minimum Gasteiger partial charge on any atom is -0.394 e. The maximum atomic E-state index is 10.9. The fourth-order valence-corrected chi connectivity index (χ4v) is 2.13. The SMILES string of the molecule is O=[N+]([O-])c1ccccc1N[C@@H]1O[C@H](CO)[C@@H](O)[C@H](O)[C@@H]1O. The van der Waals surface area contributed by atoms with Crippen LogP contribution in [-0.2, 0) is 4.74 Å². The highest BCUT2D eigenvalue weighted by atomic mass is 16.6. The Balaban J connectivity index is 2.20. The largest absolute Gasteiger partial charge is 0.394 e. The predicted molar refractivity (Wildman–Crippen MR) is 70.5 cm³/mol. The first-order valence-corrected chi connectivity index (χ1v) is 6.26. The number of para-hydroxylation sites is 2. The van der Waals surface area contributed by atoms with Crippen LogP contribution in [0.5, 0.6) is 0 Å². The van der Waals surface area contributed by atoms with Crippen molar-refractivity contribution in [1.82, 2.24) is 0 Å². The quantitative estimate of drug-likeness (QED) is 0.344. The van der Waals surface area contributed by atoms with Gasteiger partial charge in [-0.3, -0.25) is 10.1 Å². The molecule has 21 heavy (non-hydrogen) atoms. The average Bonchev–Trinajstić information content (AvgIpc) is 2.48. The summed E-state index contributed by atoms with van der Waals surface area (Å²) in [5.41, 5.74) is -0.138. The van der Waals surface area contributed by atoms with Gasteiger partial charge in [-0.15, -0.1) is 0 Å². The summed E-state index contributed by atoms with van der Waals surface area (Å²) in [7, 11) is 0. The smallest absolute Gasteiger partial charge is 0.292 e. The van der Waals surface area contributed by atoms with Crippen molar-refractivity contribution in [3.8, 4) is 0 Å². The molecule has 0 spiro atoms. The second-order valence-corrected chi connectivity index (χ2v) is 4.67. The molecule has 5 N–H and O–H groups in total. The van der Waals surface area contributed by atoms with Crippen LogP contribution >= 0.6 is 0 Å². The zero-order chi connectivity index (χ0) is 15.6. The molecule has 1 aliphatic heterocycles. The predicted octanol–water partition coefficient (Wildman–Crippen LogP) is -1.19. The van der Waals surface area contributed by atoms with E-state index in [4.69, 9.17) is 9.84 Å². The van der Waals surface area contributed by atoms with Gasteiger partial charge >= 0.3 is 0 Å². The number of nitro groups is 1. The van der Waals surface area contributed by atoms with Crippen LogP contribution in [0.4, 0.5) is 11.4 Å². The highest BCUT2D eigenvalue weighted by Crippen LogP contribution is 2.28. The van der Waals surface area contributed by atoms with Gasteiger partial charge in [0.2, 0.25) is 0 Å². The molecule has 9 heteroatoms. The summed E-state index contributed by atoms with van der Waals surface area (Å²) in [5, 5.41) is 51.8. The monoisotopic (exact) mass is 300 g/mol. The molecular formula is C12H16N2O7. The Kier molecular flexibility index (Phi) is 4.70. The standard InChI is InChI=1S/C12H16N2O7/c15-5-8-9(16)10(17)11(18)12(21-8)13-6-3-1-2-4-7(6)14(19)20/h1-4,8-13,15-18H,5H2/t8-,9-,10+,11+,12-/m1/s1. The zero-order valence-electron chi connectivity index (χ0n) is 10.9. The first kappa shape index (κ1) is 15.6. The molecular weight excluding hydrogens is 284 g/mol. The highest BCUT2D eigenvalue weighted by Gasteiger charge is 2.43. The van der Waals surface area contributed by atoms with Crippen molar-refractivity contribution in [3.05, 3.63) is 34.4 Å². The molecule has 0 amide bonds. The lowest BCUT2D eigenvalue weighted by Crippen LogP contribution is -2.60. The van der Waals surface area contributed by atoms with Crippen LogP contribution in [0.1, 0.15) is 0 Å². The van der Waals surface area contributed by atoms with Crippen LogP contribution in [-0.4, -0.2) is 62.6 Å². The fraction of sp³-hybridized carbons (Fsp3) is 0.500. The second-order valence-electron chi connectivity index (χ2n) is 4.67. The number of benzene rings is 1. The molecule has 1 aliphatic rings. The topological polar surface area (TPSA) is 145 Å². The molecule has 0 radical (unpaired) electrons. The van der Waals surface area contributed by atoms with Crippen molar-refractivity contribution in [1.29, 1.82) is 0 Å². The van der Waals surface area contributed by atoms with E-state index < -0.39 is 42.2 Å². The molecule has 1 fully saturated rings.